The van der Waals surface area contributed by atoms with Gasteiger partial charge in [0.15, 0.2) is 17.5 Å². The fourth-order valence-corrected chi connectivity index (χ4v) is 10.2. The van der Waals surface area contributed by atoms with Gasteiger partial charge in [-0.25, -0.2) is 15.0 Å². The molecule has 10 aromatic rings. The highest BCUT2D eigenvalue weighted by Crippen LogP contribution is 2.51. The predicted octanol–water partition coefficient (Wildman–Crippen LogP) is 14.2. The molecule has 0 fully saturated rings. The molecule has 0 amide bonds. The molecule has 4 nitrogen and oxygen atoms in total. The fraction of sp³-hybridized carbons (Fsp3) is 0.109. The summed E-state index contributed by atoms with van der Waals surface area (Å²) >= 11 is 0. The third-order valence-corrected chi connectivity index (χ3v) is 13.1. The van der Waals surface area contributed by atoms with Crippen molar-refractivity contribution in [2.24, 2.45) is 0 Å². The Morgan fingerprint density at radius 2 is 0.864 bits per heavy atom. The van der Waals surface area contributed by atoms with Gasteiger partial charge in [-0.2, -0.15) is 0 Å². The molecule has 2 heterocycles. The zero-order chi connectivity index (χ0) is 39.6. The van der Waals surface area contributed by atoms with Gasteiger partial charge in [0.2, 0.25) is 0 Å². The highest BCUT2D eigenvalue weighted by molar-refractivity contribution is 6.22. The first kappa shape index (κ1) is 33.9. The van der Waals surface area contributed by atoms with Crippen molar-refractivity contribution in [2.75, 3.05) is 0 Å². The zero-order valence-electron chi connectivity index (χ0n) is 33.3. The molecule has 280 valence electrons. The normalized spacial score (nSPS) is 14.4. The maximum absolute atomic E-state index is 6.73. The molecule has 8 aromatic carbocycles. The molecule has 12 rings (SSSR count). The Morgan fingerprint density at radius 1 is 0.356 bits per heavy atom. The van der Waals surface area contributed by atoms with Gasteiger partial charge in [-0.3, -0.25) is 0 Å². The van der Waals surface area contributed by atoms with E-state index in [4.69, 9.17) is 19.4 Å². The lowest BCUT2D eigenvalue weighted by molar-refractivity contribution is 0.660. The molecule has 0 saturated heterocycles. The summed E-state index contributed by atoms with van der Waals surface area (Å²) in [5, 5.41) is 4.16. The number of benzene rings is 8. The molecule has 0 spiro atoms. The molecular weight excluding hydrogens is 719 g/mol. The summed E-state index contributed by atoms with van der Waals surface area (Å²) in [6.45, 7) is 9.25. The van der Waals surface area contributed by atoms with Crippen LogP contribution < -0.4 is 0 Å². The second-order valence-corrected chi connectivity index (χ2v) is 17.2. The Labute approximate surface area is 342 Å². The predicted molar refractivity (Wildman–Crippen MR) is 241 cm³/mol. The molecular formula is C55H39N3O. The second kappa shape index (κ2) is 12.2. The number of hydrogen-bond acceptors (Lipinski definition) is 4. The lowest BCUT2D eigenvalue weighted by Gasteiger charge is -2.21. The largest absolute Gasteiger partial charge is 0.455 e. The summed E-state index contributed by atoms with van der Waals surface area (Å²) in [6, 6.07) is 58.6. The van der Waals surface area contributed by atoms with Crippen molar-refractivity contribution in [3.63, 3.8) is 0 Å². The quantitative estimate of drug-likeness (QED) is 0.179. The van der Waals surface area contributed by atoms with E-state index in [1.807, 2.05) is 0 Å². The zero-order valence-corrected chi connectivity index (χ0v) is 33.3. The first-order valence-corrected chi connectivity index (χ1v) is 20.4. The highest BCUT2D eigenvalue weighted by Gasteiger charge is 2.37. The monoisotopic (exact) mass is 757 g/mol. The minimum atomic E-state index is -0.103. The van der Waals surface area contributed by atoms with Gasteiger partial charge < -0.3 is 4.42 Å². The Hall–Kier alpha value is -7.17. The number of fused-ring (bicyclic) bond motifs is 11. The van der Waals surface area contributed by atoms with Gasteiger partial charge in [-0.1, -0.05) is 167 Å². The molecule has 2 aromatic heterocycles. The van der Waals surface area contributed by atoms with Gasteiger partial charge in [0.25, 0.3) is 0 Å². The maximum Gasteiger partial charge on any atom is 0.164 e. The summed E-state index contributed by atoms with van der Waals surface area (Å²) in [4.78, 5) is 16.1. The lowest BCUT2D eigenvalue weighted by Crippen LogP contribution is -2.14. The van der Waals surface area contributed by atoms with Crippen LogP contribution in [0.5, 0.6) is 0 Å². The Morgan fingerprint density at radius 3 is 1.49 bits per heavy atom. The number of furan rings is 1. The van der Waals surface area contributed by atoms with Crippen molar-refractivity contribution in [3.05, 3.63) is 186 Å². The van der Waals surface area contributed by atoms with Crippen LogP contribution in [-0.4, -0.2) is 15.0 Å². The molecule has 0 radical (unpaired) electrons. The van der Waals surface area contributed by atoms with E-state index < -0.39 is 0 Å². The number of aromatic nitrogens is 3. The molecule has 0 atom stereocenters. The van der Waals surface area contributed by atoms with Gasteiger partial charge in [0.05, 0.1) is 0 Å². The fourth-order valence-electron chi connectivity index (χ4n) is 10.2. The first-order valence-electron chi connectivity index (χ1n) is 20.4. The topological polar surface area (TPSA) is 51.8 Å². The van der Waals surface area contributed by atoms with Gasteiger partial charge >= 0.3 is 0 Å². The van der Waals surface area contributed by atoms with Crippen LogP contribution >= 0.6 is 0 Å². The summed E-state index contributed by atoms with van der Waals surface area (Å²) < 4.78 is 6.73. The maximum atomic E-state index is 6.73. The van der Waals surface area contributed by atoms with Crippen LogP contribution in [-0.2, 0) is 10.8 Å². The number of hydrogen-bond donors (Lipinski definition) is 0. The minimum absolute atomic E-state index is 0.103. The van der Waals surface area contributed by atoms with E-state index in [9.17, 15) is 0 Å². The van der Waals surface area contributed by atoms with Crippen LogP contribution in [0, 0.1) is 0 Å². The van der Waals surface area contributed by atoms with Gasteiger partial charge in [-0.15, -0.1) is 0 Å². The third-order valence-electron chi connectivity index (χ3n) is 13.1. The minimum Gasteiger partial charge on any atom is -0.455 e. The molecule has 2 aliphatic rings. The van der Waals surface area contributed by atoms with Crippen molar-refractivity contribution in [2.45, 2.75) is 38.5 Å². The molecule has 2 aliphatic carbocycles. The molecule has 0 aliphatic heterocycles. The van der Waals surface area contributed by atoms with Gasteiger partial charge in [0, 0.05) is 43.7 Å². The summed E-state index contributed by atoms with van der Waals surface area (Å²) in [6.07, 6.45) is 0. The van der Waals surface area contributed by atoms with Crippen LogP contribution in [0.4, 0.5) is 0 Å². The summed E-state index contributed by atoms with van der Waals surface area (Å²) in [7, 11) is 0. The SMILES string of the molecule is CC1(C)c2ccccc2-c2cc(-c3nc(-c4ccc5c(c4)-c4ccccc4C5(C)C)nc(-c4cc5c(oc6cccc(-c7ccccc7)c65)c5ccccc45)n3)ccc21. The smallest absolute Gasteiger partial charge is 0.164 e. The molecule has 0 unspecified atom stereocenters. The van der Waals surface area contributed by atoms with Gasteiger partial charge in [-0.05, 0) is 85.3 Å². The van der Waals surface area contributed by atoms with Crippen LogP contribution in [0.15, 0.2) is 168 Å². The van der Waals surface area contributed by atoms with Crippen molar-refractivity contribution in [3.8, 4) is 67.5 Å². The molecule has 0 N–H and O–H groups in total. The first-order chi connectivity index (χ1) is 28.8. The Kier molecular flexibility index (Phi) is 7.00. The molecule has 59 heavy (non-hydrogen) atoms. The van der Waals surface area contributed by atoms with Crippen LogP contribution in [0.2, 0.25) is 0 Å². The van der Waals surface area contributed by atoms with Crippen molar-refractivity contribution in [1.82, 2.24) is 15.0 Å². The average Bonchev–Trinajstić information content (AvgIpc) is 3.86. The van der Waals surface area contributed by atoms with Crippen molar-refractivity contribution >= 4 is 32.7 Å². The summed E-state index contributed by atoms with van der Waals surface area (Å²) in [5.41, 5.74) is 16.9. The molecule has 0 bridgehead atoms. The Balaban J connectivity index is 1.13. The van der Waals surface area contributed by atoms with Crippen LogP contribution in [0.25, 0.3) is 100 Å². The molecule has 0 saturated carbocycles. The van der Waals surface area contributed by atoms with E-state index in [-0.39, 0.29) is 10.8 Å². The van der Waals surface area contributed by atoms with E-state index in [1.165, 1.54) is 44.5 Å². The van der Waals surface area contributed by atoms with E-state index in [2.05, 4.69) is 191 Å². The molecule has 4 heteroatoms. The highest BCUT2D eigenvalue weighted by atomic mass is 16.3. The standard InChI is InChI=1S/C55H39N3O/c1-54(2)44-22-12-10-18-37(44)40-29-33(25-27-46(40)54)51-56-52(34-26-28-47-41(30-34)38-19-11-13-23-45(38)55(47,3)4)58-53(57-51)42-31-43-49-35(32-15-6-5-7-16-32)21-14-24-48(49)59-50(43)39-20-9-8-17-36(39)42/h5-31H,1-4H3. The lowest BCUT2D eigenvalue weighted by atomic mass is 9.82. The van der Waals surface area contributed by atoms with Crippen molar-refractivity contribution < 1.29 is 4.42 Å². The average molecular weight is 758 g/mol. The van der Waals surface area contributed by atoms with E-state index in [0.717, 1.165) is 60.5 Å². The number of nitrogens with zero attached hydrogens (tertiary/aromatic N) is 3. The van der Waals surface area contributed by atoms with E-state index in [1.54, 1.807) is 0 Å². The van der Waals surface area contributed by atoms with Gasteiger partial charge in [0.1, 0.15) is 11.2 Å². The third kappa shape index (κ3) is 4.87. The van der Waals surface area contributed by atoms with E-state index in [0.29, 0.717) is 17.5 Å². The van der Waals surface area contributed by atoms with E-state index >= 15 is 0 Å². The Bertz CT molecular complexity index is 3270. The van der Waals surface area contributed by atoms with Crippen molar-refractivity contribution in [1.29, 1.82) is 0 Å². The van der Waals surface area contributed by atoms with Crippen LogP contribution in [0.3, 0.4) is 0 Å². The second-order valence-electron chi connectivity index (χ2n) is 17.2. The summed E-state index contributed by atoms with van der Waals surface area (Å²) in [5.74, 6) is 1.90. The van der Waals surface area contributed by atoms with Crippen LogP contribution in [0.1, 0.15) is 49.9 Å². The number of rotatable bonds is 4.